The first-order chi connectivity index (χ1) is 14.0. The lowest BCUT2D eigenvalue weighted by atomic mass is 10.0. The molecule has 0 spiro atoms. The lowest BCUT2D eigenvalue weighted by Crippen LogP contribution is -2.29. The molecule has 0 fully saturated rings. The fourth-order valence-corrected chi connectivity index (χ4v) is 4.10. The van der Waals surface area contributed by atoms with Crippen LogP contribution in [0.15, 0.2) is 53.7 Å². The molecule has 1 aromatic heterocycles. The standard InChI is InChI=1S/C23H28N4OS/c1-5-20(18-13-11-16(3)12-14-18)24-21(28)15-29-23-26-25-22(27(23)6-2)19-10-8-7-9-17(19)4/h7-14,20H,5-6,15H2,1-4H3,(H,24,28). The molecule has 29 heavy (non-hydrogen) atoms. The van der Waals surface area contributed by atoms with Crippen molar-refractivity contribution in [2.75, 3.05) is 5.75 Å². The smallest absolute Gasteiger partial charge is 0.230 e. The second-order valence-electron chi connectivity index (χ2n) is 7.09. The molecule has 1 amide bonds. The summed E-state index contributed by atoms with van der Waals surface area (Å²) in [6.07, 6.45) is 0.849. The maximum Gasteiger partial charge on any atom is 0.230 e. The third-order valence-corrected chi connectivity index (χ3v) is 5.94. The molecule has 0 aliphatic heterocycles. The lowest BCUT2D eigenvalue weighted by molar-refractivity contribution is -0.119. The van der Waals surface area contributed by atoms with Crippen molar-refractivity contribution in [3.05, 3.63) is 65.2 Å². The molecule has 0 saturated heterocycles. The van der Waals surface area contributed by atoms with E-state index in [0.717, 1.165) is 40.6 Å². The molecule has 1 N–H and O–H groups in total. The van der Waals surface area contributed by atoms with Gasteiger partial charge in [-0.15, -0.1) is 10.2 Å². The van der Waals surface area contributed by atoms with Gasteiger partial charge in [-0.25, -0.2) is 0 Å². The number of amides is 1. The zero-order valence-electron chi connectivity index (χ0n) is 17.5. The van der Waals surface area contributed by atoms with Crippen LogP contribution in [-0.4, -0.2) is 26.4 Å². The van der Waals surface area contributed by atoms with Crippen molar-refractivity contribution >= 4 is 17.7 Å². The minimum atomic E-state index is 0.00511. The SMILES string of the molecule is CCC(NC(=O)CSc1nnc(-c2ccccc2C)n1CC)c1ccc(C)cc1. The van der Waals surface area contributed by atoms with E-state index in [0.29, 0.717) is 5.75 Å². The number of aromatic nitrogens is 3. The van der Waals surface area contributed by atoms with Gasteiger partial charge in [-0.3, -0.25) is 4.79 Å². The second kappa shape index (κ2) is 9.74. The molecule has 0 aliphatic rings. The van der Waals surface area contributed by atoms with Crippen LogP contribution in [0, 0.1) is 13.8 Å². The van der Waals surface area contributed by atoms with E-state index in [4.69, 9.17) is 0 Å². The Bertz CT molecular complexity index is 965. The monoisotopic (exact) mass is 408 g/mol. The molecule has 1 atom stereocenters. The zero-order valence-corrected chi connectivity index (χ0v) is 18.3. The van der Waals surface area contributed by atoms with Gasteiger partial charge >= 0.3 is 0 Å². The summed E-state index contributed by atoms with van der Waals surface area (Å²) in [7, 11) is 0. The molecule has 6 heteroatoms. The minimum absolute atomic E-state index is 0.00511. The first-order valence-electron chi connectivity index (χ1n) is 10.0. The van der Waals surface area contributed by atoms with Gasteiger partial charge in [-0.05, 0) is 38.3 Å². The van der Waals surface area contributed by atoms with Gasteiger partial charge in [0.15, 0.2) is 11.0 Å². The van der Waals surface area contributed by atoms with E-state index >= 15 is 0 Å². The zero-order chi connectivity index (χ0) is 20.8. The fourth-order valence-electron chi connectivity index (χ4n) is 3.29. The number of carbonyl (C=O) groups is 1. The minimum Gasteiger partial charge on any atom is -0.349 e. The summed E-state index contributed by atoms with van der Waals surface area (Å²) in [5.41, 5.74) is 4.58. The van der Waals surface area contributed by atoms with Crippen LogP contribution in [0.3, 0.4) is 0 Å². The molecule has 2 aromatic carbocycles. The average molecular weight is 409 g/mol. The lowest BCUT2D eigenvalue weighted by Gasteiger charge is -2.17. The Balaban J connectivity index is 1.67. The number of hydrogen-bond acceptors (Lipinski definition) is 4. The molecule has 152 valence electrons. The van der Waals surface area contributed by atoms with Crippen LogP contribution >= 0.6 is 11.8 Å². The van der Waals surface area contributed by atoms with Crippen LogP contribution in [-0.2, 0) is 11.3 Å². The van der Waals surface area contributed by atoms with Crippen LogP contribution in [0.4, 0.5) is 0 Å². The van der Waals surface area contributed by atoms with Gasteiger partial charge in [-0.2, -0.15) is 0 Å². The summed E-state index contributed by atoms with van der Waals surface area (Å²) in [4.78, 5) is 12.6. The Morgan fingerprint density at radius 3 is 2.45 bits per heavy atom. The van der Waals surface area contributed by atoms with Crippen LogP contribution in [0.1, 0.15) is 43.0 Å². The highest BCUT2D eigenvalue weighted by Crippen LogP contribution is 2.26. The molecular formula is C23H28N4OS. The summed E-state index contributed by atoms with van der Waals surface area (Å²) in [6.45, 7) is 9.04. The maximum absolute atomic E-state index is 12.6. The van der Waals surface area contributed by atoms with E-state index in [1.54, 1.807) is 0 Å². The first kappa shape index (κ1) is 21.1. The third kappa shape index (κ3) is 5.07. The predicted octanol–water partition coefficient (Wildman–Crippen LogP) is 4.94. The van der Waals surface area contributed by atoms with Crippen LogP contribution in [0.5, 0.6) is 0 Å². The van der Waals surface area contributed by atoms with Crippen molar-refractivity contribution in [2.24, 2.45) is 0 Å². The summed E-state index contributed by atoms with van der Waals surface area (Å²) in [5, 5.41) is 12.6. The Morgan fingerprint density at radius 2 is 1.79 bits per heavy atom. The van der Waals surface area contributed by atoms with Crippen molar-refractivity contribution in [3.63, 3.8) is 0 Å². The van der Waals surface area contributed by atoms with Gasteiger partial charge < -0.3 is 9.88 Å². The number of carbonyl (C=O) groups excluding carboxylic acids is 1. The Hall–Kier alpha value is -2.60. The molecule has 0 aliphatic carbocycles. The van der Waals surface area contributed by atoms with Gasteiger partial charge in [0.05, 0.1) is 11.8 Å². The number of hydrogen-bond donors (Lipinski definition) is 1. The fraction of sp³-hybridized carbons (Fsp3) is 0.348. The van der Waals surface area contributed by atoms with E-state index in [2.05, 4.69) is 84.2 Å². The summed E-state index contributed by atoms with van der Waals surface area (Å²) in [6, 6.07) is 16.5. The molecule has 1 heterocycles. The van der Waals surface area contributed by atoms with Crippen molar-refractivity contribution in [3.8, 4) is 11.4 Å². The average Bonchev–Trinajstić information content (AvgIpc) is 3.14. The number of thioether (sulfide) groups is 1. The van der Waals surface area contributed by atoms with Crippen molar-refractivity contribution in [2.45, 2.75) is 51.9 Å². The first-order valence-corrected chi connectivity index (χ1v) is 11.0. The molecule has 1 unspecified atom stereocenters. The number of benzene rings is 2. The van der Waals surface area contributed by atoms with Gasteiger partial charge in [0.2, 0.25) is 5.91 Å². The Kier molecular flexibility index (Phi) is 7.09. The topological polar surface area (TPSA) is 59.8 Å². The van der Waals surface area contributed by atoms with Crippen molar-refractivity contribution < 1.29 is 4.79 Å². The highest BCUT2D eigenvalue weighted by atomic mass is 32.2. The number of rotatable bonds is 8. The number of aryl methyl sites for hydroxylation is 2. The molecule has 3 aromatic rings. The van der Waals surface area contributed by atoms with Crippen LogP contribution in [0.2, 0.25) is 0 Å². The normalized spacial score (nSPS) is 12.0. The Morgan fingerprint density at radius 1 is 1.07 bits per heavy atom. The largest absolute Gasteiger partial charge is 0.349 e. The van der Waals surface area contributed by atoms with Gasteiger partial charge in [0.1, 0.15) is 0 Å². The van der Waals surface area contributed by atoms with E-state index in [1.165, 1.54) is 17.3 Å². The van der Waals surface area contributed by atoms with E-state index < -0.39 is 0 Å². The molecule has 0 bridgehead atoms. The van der Waals surface area contributed by atoms with E-state index in [1.807, 2.05) is 12.1 Å². The van der Waals surface area contributed by atoms with Crippen molar-refractivity contribution in [1.29, 1.82) is 0 Å². The third-order valence-electron chi connectivity index (χ3n) is 4.97. The van der Waals surface area contributed by atoms with Gasteiger partial charge in [0.25, 0.3) is 0 Å². The molecule has 0 saturated carbocycles. The summed E-state index contributed by atoms with van der Waals surface area (Å²) >= 11 is 1.43. The molecule has 0 radical (unpaired) electrons. The molecule has 5 nitrogen and oxygen atoms in total. The van der Waals surface area contributed by atoms with Gasteiger partial charge in [-0.1, -0.05) is 72.8 Å². The molecular weight excluding hydrogens is 380 g/mol. The van der Waals surface area contributed by atoms with Crippen molar-refractivity contribution in [1.82, 2.24) is 20.1 Å². The Labute approximate surface area is 176 Å². The van der Waals surface area contributed by atoms with Crippen LogP contribution in [0.25, 0.3) is 11.4 Å². The summed E-state index contributed by atoms with van der Waals surface area (Å²) in [5.74, 6) is 1.17. The quantitative estimate of drug-likeness (QED) is 0.536. The maximum atomic E-state index is 12.6. The highest BCUT2D eigenvalue weighted by Gasteiger charge is 2.17. The molecule has 3 rings (SSSR count). The highest BCUT2D eigenvalue weighted by molar-refractivity contribution is 7.99. The van der Waals surface area contributed by atoms with Crippen LogP contribution < -0.4 is 5.32 Å². The van der Waals surface area contributed by atoms with Gasteiger partial charge in [0, 0.05) is 12.1 Å². The van der Waals surface area contributed by atoms with E-state index in [-0.39, 0.29) is 11.9 Å². The van der Waals surface area contributed by atoms with E-state index in [9.17, 15) is 4.79 Å². The predicted molar refractivity (Wildman–Crippen MR) is 119 cm³/mol. The number of nitrogens with zero attached hydrogens (tertiary/aromatic N) is 3. The second-order valence-corrected chi connectivity index (χ2v) is 8.04. The number of nitrogens with one attached hydrogen (secondary N) is 1. The summed E-state index contributed by atoms with van der Waals surface area (Å²) < 4.78 is 2.07.